The number of nitrogens with one attached hydrogen (secondary N) is 1. The topological polar surface area (TPSA) is 79.8 Å². The maximum Gasteiger partial charge on any atom is 0.409 e. The first-order valence-corrected chi connectivity index (χ1v) is 9.55. The molecule has 8 nitrogen and oxygen atoms in total. The number of carbonyl (C=O) groups is 1. The van der Waals surface area contributed by atoms with Gasteiger partial charge in [0.2, 0.25) is 0 Å². The first kappa shape index (κ1) is 19.7. The molecule has 0 aliphatic carbocycles. The number of hydrogen-bond donors (Lipinski definition) is 1. The van der Waals surface area contributed by atoms with Gasteiger partial charge in [0.05, 0.1) is 13.7 Å². The van der Waals surface area contributed by atoms with Gasteiger partial charge in [-0.1, -0.05) is 18.2 Å². The third kappa shape index (κ3) is 5.03. The molecule has 1 aromatic carbocycles. The lowest BCUT2D eigenvalue weighted by Crippen LogP contribution is -2.49. The molecule has 2 heterocycles. The van der Waals surface area contributed by atoms with Gasteiger partial charge in [-0.05, 0) is 25.0 Å². The molecule has 2 aromatic rings. The second-order valence-corrected chi connectivity index (χ2v) is 6.42. The summed E-state index contributed by atoms with van der Waals surface area (Å²) in [6.07, 6.45) is 2.16. The normalized spacial score (nSPS) is 13.9. The largest absolute Gasteiger partial charge is 0.496 e. The van der Waals surface area contributed by atoms with E-state index in [0.717, 1.165) is 49.0 Å². The fourth-order valence-electron chi connectivity index (χ4n) is 3.18. The molecule has 0 radical (unpaired) electrons. The Kier molecular flexibility index (Phi) is 6.89. The number of hydrogen-bond acceptors (Lipinski definition) is 7. The predicted molar refractivity (Wildman–Crippen MR) is 108 cm³/mol. The summed E-state index contributed by atoms with van der Waals surface area (Å²) in [5.41, 5.74) is 1.15. The lowest BCUT2D eigenvalue weighted by atomic mass is 10.1. The molecule has 1 fully saturated rings. The Morgan fingerprint density at radius 1 is 1.18 bits per heavy atom. The van der Waals surface area contributed by atoms with Crippen LogP contribution in [0.5, 0.6) is 5.75 Å². The average Bonchev–Trinajstić information content (AvgIpc) is 2.74. The lowest BCUT2D eigenvalue weighted by Gasteiger charge is -2.34. The van der Waals surface area contributed by atoms with Gasteiger partial charge in [0.1, 0.15) is 23.7 Å². The molecule has 1 aliphatic heterocycles. The zero-order valence-electron chi connectivity index (χ0n) is 16.4. The number of aromatic nitrogens is 2. The highest BCUT2D eigenvalue weighted by molar-refractivity contribution is 5.68. The van der Waals surface area contributed by atoms with E-state index in [4.69, 9.17) is 9.47 Å². The molecule has 0 bridgehead atoms. The molecule has 1 aromatic heterocycles. The van der Waals surface area contributed by atoms with E-state index in [2.05, 4.69) is 26.3 Å². The van der Waals surface area contributed by atoms with E-state index in [9.17, 15) is 4.79 Å². The molecule has 150 valence electrons. The Bertz CT molecular complexity index is 778. The van der Waals surface area contributed by atoms with Crippen molar-refractivity contribution in [3.8, 4) is 5.75 Å². The Labute approximate surface area is 165 Å². The summed E-state index contributed by atoms with van der Waals surface area (Å²) in [6, 6.07) is 9.95. The standard InChI is InChI=1S/C20H27N5O3/c1-3-28-20(26)25-12-10-24(11-13-25)19-14-18(22-15-23-19)21-9-8-16-6-4-5-7-17(16)27-2/h4-7,14-15H,3,8-13H2,1-2H3,(H,21,22,23). The molecular weight excluding hydrogens is 358 g/mol. The van der Waals surface area contributed by atoms with Crippen LogP contribution < -0.4 is 15.0 Å². The van der Waals surface area contributed by atoms with Crippen LogP contribution in [0.15, 0.2) is 36.7 Å². The Morgan fingerprint density at radius 2 is 1.96 bits per heavy atom. The monoisotopic (exact) mass is 385 g/mol. The second-order valence-electron chi connectivity index (χ2n) is 6.42. The van der Waals surface area contributed by atoms with Crippen molar-refractivity contribution in [1.29, 1.82) is 0 Å². The second kappa shape index (κ2) is 9.77. The maximum atomic E-state index is 11.8. The molecule has 28 heavy (non-hydrogen) atoms. The van der Waals surface area contributed by atoms with Crippen LogP contribution in [0, 0.1) is 0 Å². The van der Waals surface area contributed by atoms with E-state index >= 15 is 0 Å². The first-order valence-electron chi connectivity index (χ1n) is 9.55. The summed E-state index contributed by atoms with van der Waals surface area (Å²) in [6.45, 7) is 5.64. The molecule has 3 rings (SSSR count). The lowest BCUT2D eigenvalue weighted by molar-refractivity contribution is 0.105. The van der Waals surface area contributed by atoms with Gasteiger partial charge < -0.3 is 24.6 Å². The number of nitrogens with zero attached hydrogens (tertiary/aromatic N) is 4. The summed E-state index contributed by atoms with van der Waals surface area (Å²) in [5.74, 6) is 2.54. The van der Waals surface area contributed by atoms with Crippen LogP contribution in [0.3, 0.4) is 0 Å². The number of methoxy groups -OCH3 is 1. The molecular formula is C20H27N5O3. The molecule has 0 spiro atoms. The van der Waals surface area contributed by atoms with Crippen molar-refractivity contribution >= 4 is 17.7 Å². The fraction of sp³-hybridized carbons (Fsp3) is 0.450. The Balaban J connectivity index is 1.52. The number of carbonyl (C=O) groups excluding carboxylic acids is 1. The zero-order valence-corrected chi connectivity index (χ0v) is 16.4. The minimum Gasteiger partial charge on any atom is -0.496 e. The fourth-order valence-corrected chi connectivity index (χ4v) is 3.18. The molecule has 1 saturated heterocycles. The number of piperazine rings is 1. The third-order valence-electron chi connectivity index (χ3n) is 4.68. The molecule has 1 amide bonds. The first-order chi connectivity index (χ1) is 13.7. The number of amides is 1. The van der Waals surface area contributed by atoms with Gasteiger partial charge in [0.15, 0.2) is 0 Å². The van der Waals surface area contributed by atoms with Crippen LogP contribution in [0.1, 0.15) is 12.5 Å². The van der Waals surface area contributed by atoms with Crippen LogP contribution in [-0.2, 0) is 11.2 Å². The van der Waals surface area contributed by atoms with E-state index < -0.39 is 0 Å². The van der Waals surface area contributed by atoms with Gasteiger partial charge in [-0.25, -0.2) is 14.8 Å². The van der Waals surface area contributed by atoms with Crippen LogP contribution in [-0.4, -0.2) is 67.4 Å². The van der Waals surface area contributed by atoms with E-state index in [1.165, 1.54) is 0 Å². The summed E-state index contributed by atoms with van der Waals surface area (Å²) in [7, 11) is 1.69. The Morgan fingerprint density at radius 3 is 2.71 bits per heavy atom. The van der Waals surface area contributed by atoms with Crippen LogP contribution in [0.4, 0.5) is 16.4 Å². The van der Waals surface area contributed by atoms with Crippen molar-refractivity contribution in [2.75, 3.05) is 56.7 Å². The van der Waals surface area contributed by atoms with Crippen LogP contribution in [0.25, 0.3) is 0 Å². The van der Waals surface area contributed by atoms with Crippen molar-refractivity contribution in [3.63, 3.8) is 0 Å². The maximum absolute atomic E-state index is 11.8. The SMILES string of the molecule is CCOC(=O)N1CCN(c2cc(NCCc3ccccc3OC)ncn2)CC1. The van der Waals surface area contributed by atoms with Crippen molar-refractivity contribution in [2.45, 2.75) is 13.3 Å². The van der Waals surface area contributed by atoms with Crippen molar-refractivity contribution in [2.24, 2.45) is 0 Å². The smallest absolute Gasteiger partial charge is 0.409 e. The van der Waals surface area contributed by atoms with Crippen molar-refractivity contribution in [1.82, 2.24) is 14.9 Å². The minimum absolute atomic E-state index is 0.247. The van der Waals surface area contributed by atoms with Gasteiger partial charge in [-0.15, -0.1) is 0 Å². The molecule has 0 unspecified atom stereocenters. The minimum atomic E-state index is -0.247. The van der Waals surface area contributed by atoms with E-state index in [1.807, 2.05) is 31.2 Å². The van der Waals surface area contributed by atoms with Crippen molar-refractivity contribution < 1.29 is 14.3 Å². The van der Waals surface area contributed by atoms with E-state index in [1.54, 1.807) is 18.3 Å². The third-order valence-corrected chi connectivity index (χ3v) is 4.68. The number of benzene rings is 1. The number of para-hydroxylation sites is 1. The highest BCUT2D eigenvalue weighted by Gasteiger charge is 2.22. The highest BCUT2D eigenvalue weighted by Crippen LogP contribution is 2.19. The van der Waals surface area contributed by atoms with Gasteiger partial charge in [0.25, 0.3) is 0 Å². The van der Waals surface area contributed by atoms with Gasteiger partial charge in [0, 0.05) is 38.8 Å². The summed E-state index contributed by atoms with van der Waals surface area (Å²) < 4.78 is 10.5. The highest BCUT2D eigenvalue weighted by atomic mass is 16.6. The summed E-state index contributed by atoms with van der Waals surface area (Å²) in [4.78, 5) is 24.4. The summed E-state index contributed by atoms with van der Waals surface area (Å²) in [5, 5.41) is 3.35. The van der Waals surface area contributed by atoms with Crippen LogP contribution in [0.2, 0.25) is 0 Å². The molecule has 8 heteroatoms. The quantitative estimate of drug-likeness (QED) is 0.784. The van der Waals surface area contributed by atoms with Gasteiger partial charge in [-0.3, -0.25) is 0 Å². The zero-order chi connectivity index (χ0) is 19.8. The van der Waals surface area contributed by atoms with Crippen LogP contribution >= 0.6 is 0 Å². The van der Waals surface area contributed by atoms with E-state index in [0.29, 0.717) is 19.7 Å². The Hall–Kier alpha value is -3.03. The van der Waals surface area contributed by atoms with Gasteiger partial charge >= 0.3 is 6.09 Å². The number of anilines is 2. The number of rotatable bonds is 7. The molecule has 0 saturated carbocycles. The van der Waals surface area contributed by atoms with Gasteiger partial charge in [-0.2, -0.15) is 0 Å². The van der Waals surface area contributed by atoms with E-state index in [-0.39, 0.29) is 6.09 Å². The molecule has 0 atom stereocenters. The summed E-state index contributed by atoms with van der Waals surface area (Å²) >= 11 is 0. The molecule has 1 aliphatic rings. The number of ether oxygens (including phenoxy) is 2. The average molecular weight is 385 g/mol. The molecule has 1 N–H and O–H groups in total. The predicted octanol–water partition coefficient (Wildman–Crippen LogP) is 2.42. The van der Waals surface area contributed by atoms with Crippen molar-refractivity contribution in [3.05, 3.63) is 42.2 Å².